The van der Waals surface area contributed by atoms with E-state index in [1.807, 2.05) is 6.92 Å². The van der Waals surface area contributed by atoms with Gasteiger partial charge in [0.05, 0.1) is 0 Å². The summed E-state index contributed by atoms with van der Waals surface area (Å²) < 4.78 is 12.9. The summed E-state index contributed by atoms with van der Waals surface area (Å²) in [6.07, 6.45) is 3.25. The van der Waals surface area contributed by atoms with Crippen molar-refractivity contribution in [2.45, 2.75) is 38.8 Å². The van der Waals surface area contributed by atoms with Gasteiger partial charge >= 0.3 is 0 Å². The van der Waals surface area contributed by atoms with Gasteiger partial charge in [0.15, 0.2) is 0 Å². The van der Waals surface area contributed by atoms with Crippen LogP contribution in [0.3, 0.4) is 0 Å². The summed E-state index contributed by atoms with van der Waals surface area (Å²) in [5.74, 6) is 0.645. The lowest BCUT2D eigenvalue weighted by Crippen LogP contribution is -2.29. The Hall–Kier alpha value is -0.110. The fourth-order valence-corrected chi connectivity index (χ4v) is 1.65. The van der Waals surface area contributed by atoms with E-state index in [9.17, 15) is 4.39 Å². The van der Waals surface area contributed by atoms with E-state index in [1.165, 1.54) is 12.8 Å². The topological polar surface area (TPSA) is 12.0 Å². The summed E-state index contributed by atoms with van der Waals surface area (Å²) in [6, 6.07) is 0. The number of alkyl halides is 1. The Labute approximate surface area is 68.4 Å². The first-order chi connectivity index (χ1) is 5.33. The van der Waals surface area contributed by atoms with Gasteiger partial charge in [0.25, 0.3) is 0 Å². The minimum Gasteiger partial charge on any atom is -0.317 e. The van der Waals surface area contributed by atoms with Gasteiger partial charge in [0.2, 0.25) is 0 Å². The van der Waals surface area contributed by atoms with Gasteiger partial charge < -0.3 is 5.32 Å². The normalized spacial score (nSPS) is 23.5. The van der Waals surface area contributed by atoms with E-state index >= 15 is 0 Å². The second-order valence-electron chi connectivity index (χ2n) is 3.43. The average molecular weight is 159 g/mol. The molecule has 0 aromatic rings. The summed E-state index contributed by atoms with van der Waals surface area (Å²) in [6.45, 7) is 4.09. The first kappa shape index (κ1) is 8.98. The van der Waals surface area contributed by atoms with Gasteiger partial charge in [-0.25, -0.2) is 4.39 Å². The molecule has 1 unspecified atom stereocenters. The van der Waals surface area contributed by atoms with Crippen LogP contribution in [0.1, 0.15) is 32.6 Å². The Morgan fingerprint density at radius 2 is 2.09 bits per heavy atom. The number of hydrogen-bond acceptors (Lipinski definition) is 1. The highest BCUT2D eigenvalue weighted by Gasteiger charge is 2.16. The van der Waals surface area contributed by atoms with Crippen molar-refractivity contribution in [2.24, 2.45) is 5.92 Å². The molecule has 1 nitrogen and oxygen atoms in total. The fraction of sp³-hybridized carbons (Fsp3) is 1.00. The zero-order valence-corrected chi connectivity index (χ0v) is 7.28. The van der Waals surface area contributed by atoms with E-state index in [4.69, 9.17) is 0 Å². The molecule has 0 radical (unpaired) electrons. The molecule has 1 aliphatic rings. The van der Waals surface area contributed by atoms with Crippen LogP contribution in [0.15, 0.2) is 0 Å². The molecule has 1 fully saturated rings. The summed E-state index contributed by atoms with van der Waals surface area (Å²) in [4.78, 5) is 0. The first-order valence-corrected chi connectivity index (χ1v) is 4.67. The number of rotatable bonds is 3. The van der Waals surface area contributed by atoms with Crippen molar-refractivity contribution in [3.63, 3.8) is 0 Å². The highest BCUT2D eigenvalue weighted by atomic mass is 19.1. The molecule has 1 aliphatic heterocycles. The van der Waals surface area contributed by atoms with Crippen molar-refractivity contribution in [3.05, 3.63) is 0 Å². The van der Waals surface area contributed by atoms with Crippen LogP contribution in [0.4, 0.5) is 4.39 Å². The molecule has 1 rings (SSSR count). The SMILES string of the molecule is CCC(F)CC1CCNCC1. The van der Waals surface area contributed by atoms with E-state index in [0.717, 1.165) is 19.5 Å². The summed E-state index contributed by atoms with van der Waals surface area (Å²) in [7, 11) is 0. The minimum absolute atomic E-state index is 0.557. The van der Waals surface area contributed by atoms with E-state index in [0.29, 0.717) is 12.3 Å². The lowest BCUT2D eigenvalue weighted by molar-refractivity contribution is 0.231. The molecule has 66 valence electrons. The van der Waals surface area contributed by atoms with Crippen LogP contribution in [-0.4, -0.2) is 19.3 Å². The lowest BCUT2D eigenvalue weighted by Gasteiger charge is -2.23. The van der Waals surface area contributed by atoms with Gasteiger partial charge in [-0.3, -0.25) is 0 Å². The van der Waals surface area contributed by atoms with Gasteiger partial charge in [-0.1, -0.05) is 6.92 Å². The Morgan fingerprint density at radius 3 is 2.64 bits per heavy atom. The Morgan fingerprint density at radius 1 is 1.45 bits per heavy atom. The molecular weight excluding hydrogens is 141 g/mol. The van der Waals surface area contributed by atoms with E-state index < -0.39 is 6.17 Å². The van der Waals surface area contributed by atoms with Crippen LogP contribution in [0.25, 0.3) is 0 Å². The quantitative estimate of drug-likeness (QED) is 0.665. The molecule has 0 bridgehead atoms. The molecule has 1 saturated heterocycles. The smallest absolute Gasteiger partial charge is 0.100 e. The number of nitrogens with one attached hydrogen (secondary N) is 1. The maximum absolute atomic E-state index is 12.9. The molecular formula is C9H18FN. The standard InChI is InChI=1S/C9H18FN/c1-2-9(10)7-8-3-5-11-6-4-8/h8-9,11H,2-7H2,1H3. The van der Waals surface area contributed by atoms with E-state index in [1.54, 1.807) is 0 Å². The molecule has 1 heterocycles. The van der Waals surface area contributed by atoms with Gasteiger partial charge in [-0.05, 0) is 44.7 Å². The third kappa shape index (κ3) is 3.19. The number of piperidine rings is 1. The minimum atomic E-state index is -0.557. The molecule has 0 aromatic heterocycles. The molecule has 2 heteroatoms. The molecule has 0 saturated carbocycles. The van der Waals surface area contributed by atoms with E-state index in [2.05, 4.69) is 5.32 Å². The van der Waals surface area contributed by atoms with Crippen molar-refractivity contribution in [1.82, 2.24) is 5.32 Å². The Kier molecular flexibility index (Phi) is 3.84. The zero-order valence-electron chi connectivity index (χ0n) is 7.28. The van der Waals surface area contributed by atoms with E-state index in [-0.39, 0.29) is 0 Å². The molecule has 0 aliphatic carbocycles. The third-order valence-electron chi connectivity index (χ3n) is 2.49. The molecule has 1 atom stereocenters. The summed E-state index contributed by atoms with van der Waals surface area (Å²) in [5, 5.41) is 3.28. The van der Waals surface area contributed by atoms with Crippen LogP contribution >= 0.6 is 0 Å². The molecule has 0 amide bonds. The van der Waals surface area contributed by atoms with Gasteiger partial charge in [0.1, 0.15) is 6.17 Å². The fourth-order valence-electron chi connectivity index (χ4n) is 1.65. The van der Waals surface area contributed by atoms with Crippen LogP contribution in [-0.2, 0) is 0 Å². The predicted molar refractivity (Wildman–Crippen MR) is 45.4 cm³/mol. The first-order valence-electron chi connectivity index (χ1n) is 4.67. The predicted octanol–water partition coefficient (Wildman–Crippen LogP) is 2.12. The molecule has 11 heavy (non-hydrogen) atoms. The average Bonchev–Trinajstić information content (AvgIpc) is 2.06. The highest BCUT2D eigenvalue weighted by Crippen LogP contribution is 2.20. The van der Waals surface area contributed by atoms with Crippen LogP contribution in [0, 0.1) is 5.92 Å². The summed E-state index contributed by atoms with van der Waals surface area (Å²) in [5.41, 5.74) is 0. The Bertz CT molecular complexity index is 99.7. The zero-order chi connectivity index (χ0) is 8.10. The van der Waals surface area contributed by atoms with Gasteiger partial charge in [-0.2, -0.15) is 0 Å². The van der Waals surface area contributed by atoms with Crippen molar-refractivity contribution < 1.29 is 4.39 Å². The van der Waals surface area contributed by atoms with Crippen molar-refractivity contribution in [1.29, 1.82) is 0 Å². The maximum Gasteiger partial charge on any atom is 0.100 e. The maximum atomic E-state index is 12.9. The number of halogens is 1. The van der Waals surface area contributed by atoms with Crippen LogP contribution in [0.5, 0.6) is 0 Å². The number of hydrogen-bond donors (Lipinski definition) is 1. The second-order valence-corrected chi connectivity index (χ2v) is 3.43. The highest BCUT2D eigenvalue weighted by molar-refractivity contribution is 4.71. The van der Waals surface area contributed by atoms with Crippen molar-refractivity contribution in [2.75, 3.05) is 13.1 Å². The molecule has 0 spiro atoms. The van der Waals surface area contributed by atoms with Crippen molar-refractivity contribution >= 4 is 0 Å². The molecule has 0 aromatic carbocycles. The van der Waals surface area contributed by atoms with Gasteiger partial charge in [-0.15, -0.1) is 0 Å². The van der Waals surface area contributed by atoms with Crippen LogP contribution in [0.2, 0.25) is 0 Å². The molecule has 1 N–H and O–H groups in total. The lowest BCUT2D eigenvalue weighted by atomic mass is 9.92. The Balaban J connectivity index is 2.13. The van der Waals surface area contributed by atoms with Gasteiger partial charge in [0, 0.05) is 0 Å². The third-order valence-corrected chi connectivity index (χ3v) is 2.49. The van der Waals surface area contributed by atoms with Crippen molar-refractivity contribution in [3.8, 4) is 0 Å². The second kappa shape index (κ2) is 4.70. The summed E-state index contributed by atoms with van der Waals surface area (Å²) >= 11 is 0. The monoisotopic (exact) mass is 159 g/mol. The largest absolute Gasteiger partial charge is 0.317 e. The van der Waals surface area contributed by atoms with Crippen LogP contribution < -0.4 is 5.32 Å².